The smallest absolute Gasteiger partial charge is 0.329 e. The first-order valence-corrected chi connectivity index (χ1v) is 11.7. The molecule has 0 N–H and O–H groups in total. The van der Waals surface area contributed by atoms with Gasteiger partial charge in [-0.1, -0.05) is 35.5 Å². The Balaban J connectivity index is 1.51. The Kier molecular flexibility index (Phi) is 5.83. The number of carbonyl (C=O) groups is 2. The second-order valence-corrected chi connectivity index (χ2v) is 9.02. The third-order valence-electron chi connectivity index (χ3n) is 6.45. The van der Waals surface area contributed by atoms with Crippen LogP contribution < -0.4 is 9.80 Å². The van der Waals surface area contributed by atoms with Crippen molar-refractivity contribution in [2.45, 2.75) is 33.4 Å². The molecule has 5 rings (SSSR count). The van der Waals surface area contributed by atoms with Gasteiger partial charge in [-0.25, -0.2) is 4.98 Å². The molecular weight excluding hydrogens is 448 g/mol. The molecule has 2 aliphatic heterocycles. The molecule has 1 saturated heterocycles. The number of benzene rings is 1. The fourth-order valence-electron chi connectivity index (χ4n) is 4.37. The number of nitrogens with zero attached hydrogens (tertiary/aromatic N) is 8. The number of amides is 2. The molecule has 0 atom stereocenters. The third kappa shape index (κ3) is 4.17. The molecule has 0 bridgehead atoms. The summed E-state index contributed by atoms with van der Waals surface area (Å²) in [6.07, 6.45) is 0. The average Bonchev–Trinajstić information content (AvgIpc) is 3.49. The van der Waals surface area contributed by atoms with Gasteiger partial charge in [0.1, 0.15) is 11.5 Å². The van der Waals surface area contributed by atoms with Gasteiger partial charge in [-0.15, -0.1) is 0 Å². The summed E-state index contributed by atoms with van der Waals surface area (Å²) in [6, 6.07) is 9.87. The first-order chi connectivity index (χ1) is 16.8. The van der Waals surface area contributed by atoms with Gasteiger partial charge in [0.15, 0.2) is 0 Å². The Morgan fingerprint density at radius 3 is 2.43 bits per heavy atom. The van der Waals surface area contributed by atoms with Crippen LogP contribution in [0.15, 0.2) is 34.9 Å². The summed E-state index contributed by atoms with van der Waals surface area (Å²) in [5, 5.41) is 4.13. The standard InChI is InChI=1S/C24H28N8O3/c1-15(2)32-14-18-19(22(32)34)25-23(31-12-10-30(11-13-31)16(3)33)27-21(18)29(4)24-26-20(28-35-24)17-8-6-5-7-9-17/h5-9,15H,10-14H2,1-4H3. The summed E-state index contributed by atoms with van der Waals surface area (Å²) in [6.45, 7) is 8.27. The largest absolute Gasteiger partial charge is 0.339 e. The van der Waals surface area contributed by atoms with E-state index in [-0.39, 0.29) is 23.9 Å². The van der Waals surface area contributed by atoms with Gasteiger partial charge < -0.3 is 19.2 Å². The number of fused-ring (bicyclic) bond motifs is 1. The summed E-state index contributed by atoms with van der Waals surface area (Å²) in [4.78, 5) is 46.3. The van der Waals surface area contributed by atoms with Gasteiger partial charge in [0, 0.05) is 57.3 Å². The topological polar surface area (TPSA) is 112 Å². The first kappa shape index (κ1) is 22.8. The average molecular weight is 477 g/mol. The summed E-state index contributed by atoms with van der Waals surface area (Å²) in [5.74, 6) is 1.41. The van der Waals surface area contributed by atoms with Gasteiger partial charge in [-0.05, 0) is 13.8 Å². The third-order valence-corrected chi connectivity index (χ3v) is 6.45. The van der Waals surface area contributed by atoms with Crippen molar-refractivity contribution >= 4 is 29.6 Å². The molecule has 2 aromatic heterocycles. The summed E-state index contributed by atoms with van der Waals surface area (Å²) in [7, 11) is 1.80. The summed E-state index contributed by atoms with van der Waals surface area (Å²) < 4.78 is 5.57. The van der Waals surface area contributed by atoms with E-state index in [1.54, 1.807) is 28.7 Å². The maximum Gasteiger partial charge on any atom is 0.329 e. The Morgan fingerprint density at radius 1 is 1.06 bits per heavy atom. The van der Waals surface area contributed by atoms with Crippen molar-refractivity contribution in [3.63, 3.8) is 0 Å². The molecule has 4 heterocycles. The predicted molar refractivity (Wildman–Crippen MR) is 129 cm³/mol. The zero-order valence-corrected chi connectivity index (χ0v) is 20.3. The zero-order valence-electron chi connectivity index (χ0n) is 20.3. The van der Waals surface area contributed by atoms with Crippen molar-refractivity contribution in [1.82, 2.24) is 29.9 Å². The molecule has 2 aliphatic rings. The highest BCUT2D eigenvalue weighted by Gasteiger charge is 2.37. The van der Waals surface area contributed by atoms with E-state index in [0.29, 0.717) is 56.0 Å². The molecule has 2 amide bonds. The maximum absolute atomic E-state index is 13.2. The van der Waals surface area contributed by atoms with Gasteiger partial charge in [-0.3, -0.25) is 14.5 Å². The van der Waals surface area contributed by atoms with Crippen molar-refractivity contribution in [3.05, 3.63) is 41.6 Å². The minimum absolute atomic E-state index is 0.0190. The second kappa shape index (κ2) is 8.97. The monoisotopic (exact) mass is 476 g/mol. The highest BCUT2D eigenvalue weighted by atomic mass is 16.5. The fourth-order valence-corrected chi connectivity index (χ4v) is 4.37. The SMILES string of the molecule is CC(=O)N1CCN(c2nc3c(c(N(C)c4nc(-c5ccccc5)no4)n2)CN(C(C)C)C3=O)CC1. The van der Waals surface area contributed by atoms with Gasteiger partial charge in [-0.2, -0.15) is 9.97 Å². The Hall–Kier alpha value is -4.02. The van der Waals surface area contributed by atoms with Crippen LogP contribution >= 0.6 is 0 Å². The molecular formula is C24H28N8O3. The highest BCUT2D eigenvalue weighted by molar-refractivity contribution is 5.98. The summed E-state index contributed by atoms with van der Waals surface area (Å²) >= 11 is 0. The number of piperazine rings is 1. The van der Waals surface area contributed by atoms with Crippen molar-refractivity contribution in [2.24, 2.45) is 0 Å². The van der Waals surface area contributed by atoms with Crippen LogP contribution in [-0.4, -0.2) is 81.0 Å². The number of aromatic nitrogens is 4. The van der Waals surface area contributed by atoms with Crippen LogP contribution in [0, 0.1) is 0 Å². The number of anilines is 3. The highest BCUT2D eigenvalue weighted by Crippen LogP contribution is 2.35. The Morgan fingerprint density at radius 2 is 1.77 bits per heavy atom. The Bertz CT molecular complexity index is 1250. The van der Waals surface area contributed by atoms with Crippen LogP contribution in [0.5, 0.6) is 0 Å². The molecule has 3 aromatic rings. The fraction of sp³-hybridized carbons (Fsp3) is 0.417. The maximum atomic E-state index is 13.2. The van der Waals surface area contributed by atoms with E-state index in [4.69, 9.17) is 9.51 Å². The van der Waals surface area contributed by atoms with Gasteiger partial charge >= 0.3 is 6.01 Å². The lowest BCUT2D eigenvalue weighted by Crippen LogP contribution is -2.48. The van der Waals surface area contributed by atoms with Crippen LogP contribution in [0.3, 0.4) is 0 Å². The molecule has 35 heavy (non-hydrogen) atoms. The normalized spacial score (nSPS) is 15.7. The van der Waals surface area contributed by atoms with E-state index in [9.17, 15) is 9.59 Å². The molecule has 0 saturated carbocycles. The molecule has 0 aliphatic carbocycles. The lowest BCUT2D eigenvalue weighted by atomic mass is 10.2. The van der Waals surface area contributed by atoms with E-state index in [0.717, 1.165) is 11.1 Å². The quantitative estimate of drug-likeness (QED) is 0.548. The lowest BCUT2D eigenvalue weighted by Gasteiger charge is -2.34. The molecule has 11 nitrogen and oxygen atoms in total. The van der Waals surface area contributed by atoms with Gasteiger partial charge in [0.2, 0.25) is 17.7 Å². The molecule has 0 spiro atoms. The lowest BCUT2D eigenvalue weighted by molar-refractivity contribution is -0.129. The molecule has 11 heteroatoms. The molecule has 1 aromatic carbocycles. The molecule has 1 fully saturated rings. The first-order valence-electron chi connectivity index (χ1n) is 11.7. The number of rotatable bonds is 5. The minimum atomic E-state index is -0.119. The zero-order chi connectivity index (χ0) is 24.7. The van der Waals surface area contributed by atoms with Crippen LogP contribution in [0.25, 0.3) is 11.4 Å². The predicted octanol–water partition coefficient (Wildman–Crippen LogP) is 2.33. The van der Waals surface area contributed by atoms with Crippen molar-refractivity contribution in [2.75, 3.05) is 43.0 Å². The number of carbonyl (C=O) groups excluding carboxylic acids is 2. The van der Waals surface area contributed by atoms with Crippen molar-refractivity contribution in [1.29, 1.82) is 0 Å². The van der Waals surface area contributed by atoms with Crippen molar-refractivity contribution < 1.29 is 14.1 Å². The summed E-state index contributed by atoms with van der Waals surface area (Å²) in [5.41, 5.74) is 1.97. The van der Waals surface area contributed by atoms with Crippen LogP contribution in [-0.2, 0) is 11.3 Å². The van der Waals surface area contributed by atoms with Gasteiger partial charge in [0.05, 0.1) is 6.54 Å². The molecule has 0 radical (unpaired) electrons. The van der Waals surface area contributed by atoms with Crippen LogP contribution in [0.4, 0.5) is 17.8 Å². The van der Waals surface area contributed by atoms with E-state index in [1.807, 2.05) is 49.1 Å². The van der Waals surface area contributed by atoms with E-state index < -0.39 is 0 Å². The minimum Gasteiger partial charge on any atom is -0.339 e. The number of hydrogen-bond acceptors (Lipinski definition) is 9. The van der Waals surface area contributed by atoms with Gasteiger partial charge in [0.25, 0.3) is 5.91 Å². The van der Waals surface area contributed by atoms with E-state index >= 15 is 0 Å². The second-order valence-electron chi connectivity index (χ2n) is 9.02. The molecule has 182 valence electrons. The Labute approximate surface area is 203 Å². The van der Waals surface area contributed by atoms with E-state index in [1.165, 1.54) is 0 Å². The molecule has 0 unspecified atom stereocenters. The van der Waals surface area contributed by atoms with Crippen LogP contribution in [0.2, 0.25) is 0 Å². The van der Waals surface area contributed by atoms with E-state index in [2.05, 4.69) is 15.1 Å². The number of hydrogen-bond donors (Lipinski definition) is 0. The van der Waals surface area contributed by atoms with Crippen molar-refractivity contribution in [3.8, 4) is 11.4 Å². The van der Waals surface area contributed by atoms with Crippen LogP contribution in [0.1, 0.15) is 36.8 Å².